The molecule has 2 atom stereocenters. The van der Waals surface area contributed by atoms with Crippen LogP contribution in [0, 0.1) is 11.8 Å². The number of rotatable bonds is 4. The molecule has 0 bridgehead atoms. The van der Waals surface area contributed by atoms with Gasteiger partial charge in [0.15, 0.2) is 0 Å². The van der Waals surface area contributed by atoms with Crippen LogP contribution in [0.25, 0.3) is 0 Å². The van der Waals surface area contributed by atoms with Gasteiger partial charge in [0, 0.05) is 0 Å². The van der Waals surface area contributed by atoms with Crippen LogP contribution in [0.2, 0.25) is 0 Å². The van der Waals surface area contributed by atoms with Gasteiger partial charge in [-0.1, -0.05) is 54.4 Å². The molecule has 0 amide bonds. The third-order valence-electron chi connectivity index (χ3n) is 1.61. The number of hydrogen-bond donors (Lipinski definition) is 0. The van der Waals surface area contributed by atoms with Crippen molar-refractivity contribution >= 4 is 0 Å². The van der Waals surface area contributed by atoms with E-state index in [1.165, 1.54) is 0 Å². The molecule has 0 heterocycles. The average Bonchev–Trinajstić information content (AvgIpc) is 1.79. The Hall–Kier alpha value is 0.439. The van der Waals surface area contributed by atoms with Gasteiger partial charge in [-0.15, -0.1) is 12.2 Å². The molecule has 97 valence electrons. The summed E-state index contributed by atoms with van der Waals surface area (Å²) >= 11 is 0. The molecule has 0 aromatic rings. The van der Waals surface area contributed by atoms with Gasteiger partial charge < -0.3 is 10.2 Å². The van der Waals surface area contributed by atoms with Crippen molar-refractivity contribution in [3.05, 3.63) is 0 Å². The van der Waals surface area contributed by atoms with E-state index in [-0.39, 0.29) is 29.3 Å². The first kappa shape index (κ1) is 20.8. The maximum absolute atomic E-state index is 10.3. The van der Waals surface area contributed by atoms with Crippen LogP contribution in [0.4, 0.5) is 0 Å². The van der Waals surface area contributed by atoms with Crippen molar-refractivity contribution in [3.8, 4) is 0 Å². The SMILES string of the molecule is CC(C)CC(C)[O-].CC(C)CC(C)[O-].[Cu+2]. The van der Waals surface area contributed by atoms with Crippen molar-refractivity contribution in [3.63, 3.8) is 0 Å². The Balaban J connectivity index is -0.000000180. The summed E-state index contributed by atoms with van der Waals surface area (Å²) in [6.07, 6.45) is 0.861. The smallest absolute Gasteiger partial charge is 0.852 e. The van der Waals surface area contributed by atoms with Crippen molar-refractivity contribution in [2.24, 2.45) is 11.8 Å². The largest absolute Gasteiger partial charge is 2.00 e. The zero-order valence-corrected chi connectivity index (χ0v) is 11.8. The molecule has 0 saturated carbocycles. The predicted molar refractivity (Wildman–Crippen MR) is 57.8 cm³/mol. The third-order valence-corrected chi connectivity index (χ3v) is 1.61. The van der Waals surface area contributed by atoms with Crippen LogP contribution < -0.4 is 10.2 Å². The number of hydrogen-bond acceptors (Lipinski definition) is 2. The summed E-state index contributed by atoms with van der Waals surface area (Å²) in [5.74, 6) is 1.12. The van der Waals surface area contributed by atoms with Gasteiger partial charge >= 0.3 is 17.1 Å². The van der Waals surface area contributed by atoms with Crippen LogP contribution in [0.15, 0.2) is 0 Å². The van der Waals surface area contributed by atoms with Crippen molar-refractivity contribution in [2.45, 2.75) is 66.6 Å². The van der Waals surface area contributed by atoms with Gasteiger partial charge in [-0.25, -0.2) is 0 Å². The standard InChI is InChI=1S/2C6H13O.Cu/c2*1-5(2)4-6(3)7;/h2*5-6H,4H2,1-3H3;/q2*-1;+2. The van der Waals surface area contributed by atoms with E-state index in [0.29, 0.717) is 11.8 Å². The van der Waals surface area contributed by atoms with Crippen molar-refractivity contribution in [1.29, 1.82) is 0 Å². The molecule has 2 nitrogen and oxygen atoms in total. The van der Waals surface area contributed by atoms with Crippen LogP contribution >= 0.6 is 0 Å². The average molecular weight is 266 g/mol. The van der Waals surface area contributed by atoms with Crippen molar-refractivity contribution in [2.75, 3.05) is 0 Å². The maximum Gasteiger partial charge on any atom is 2.00 e. The molecular weight excluding hydrogens is 240 g/mol. The monoisotopic (exact) mass is 265 g/mol. The van der Waals surface area contributed by atoms with Gasteiger partial charge in [0.05, 0.1) is 0 Å². The van der Waals surface area contributed by atoms with Gasteiger partial charge in [-0.2, -0.15) is 0 Å². The maximum atomic E-state index is 10.3. The first-order chi connectivity index (χ1) is 6.25. The van der Waals surface area contributed by atoms with Crippen LogP contribution in [0.5, 0.6) is 0 Å². The summed E-state index contributed by atoms with van der Waals surface area (Å²) in [4.78, 5) is 0. The quantitative estimate of drug-likeness (QED) is 0.725. The molecular formula is C12H26CuO2. The Morgan fingerprint density at radius 3 is 0.867 bits per heavy atom. The Morgan fingerprint density at radius 2 is 0.867 bits per heavy atom. The van der Waals surface area contributed by atoms with Crippen molar-refractivity contribution in [1.82, 2.24) is 0 Å². The molecule has 1 radical (unpaired) electrons. The fraction of sp³-hybridized carbons (Fsp3) is 1.00. The van der Waals surface area contributed by atoms with Crippen molar-refractivity contribution < 1.29 is 27.3 Å². The topological polar surface area (TPSA) is 46.1 Å². The van der Waals surface area contributed by atoms with E-state index in [9.17, 15) is 10.2 Å². The fourth-order valence-corrected chi connectivity index (χ4v) is 1.33. The van der Waals surface area contributed by atoms with E-state index in [4.69, 9.17) is 0 Å². The molecule has 0 spiro atoms. The Labute approximate surface area is 106 Å². The second-order valence-electron chi connectivity index (χ2n) is 4.88. The zero-order valence-electron chi connectivity index (χ0n) is 10.8. The molecule has 15 heavy (non-hydrogen) atoms. The molecule has 0 rings (SSSR count). The van der Waals surface area contributed by atoms with Crippen LogP contribution in [0.3, 0.4) is 0 Å². The fourth-order valence-electron chi connectivity index (χ4n) is 1.33. The summed E-state index contributed by atoms with van der Waals surface area (Å²) in [6, 6.07) is 0. The minimum Gasteiger partial charge on any atom is -0.852 e. The zero-order chi connectivity index (χ0) is 11.7. The van der Waals surface area contributed by atoms with Crippen LogP contribution in [0.1, 0.15) is 54.4 Å². The summed E-state index contributed by atoms with van der Waals surface area (Å²) < 4.78 is 0. The van der Waals surface area contributed by atoms with Gasteiger partial charge in [0.25, 0.3) is 0 Å². The van der Waals surface area contributed by atoms with E-state index < -0.39 is 0 Å². The van der Waals surface area contributed by atoms with Gasteiger partial charge in [-0.05, 0) is 11.8 Å². The van der Waals surface area contributed by atoms with E-state index in [1.54, 1.807) is 13.8 Å². The molecule has 0 aliphatic carbocycles. The summed E-state index contributed by atoms with van der Waals surface area (Å²) in [5, 5.41) is 20.7. The third kappa shape index (κ3) is 31.4. The van der Waals surface area contributed by atoms with E-state index in [0.717, 1.165) is 12.8 Å². The first-order valence-electron chi connectivity index (χ1n) is 5.57. The van der Waals surface area contributed by atoms with E-state index in [1.807, 2.05) is 0 Å². The van der Waals surface area contributed by atoms with Gasteiger partial charge in [0.1, 0.15) is 0 Å². The second kappa shape index (κ2) is 12.5. The molecule has 3 heteroatoms. The van der Waals surface area contributed by atoms with Crippen LogP contribution in [-0.4, -0.2) is 12.2 Å². The molecule has 0 aliphatic rings. The Morgan fingerprint density at radius 1 is 0.667 bits per heavy atom. The minimum atomic E-state index is -0.375. The van der Waals surface area contributed by atoms with Gasteiger partial charge in [-0.3, -0.25) is 0 Å². The van der Waals surface area contributed by atoms with E-state index in [2.05, 4.69) is 27.7 Å². The van der Waals surface area contributed by atoms with Crippen LogP contribution in [-0.2, 0) is 17.1 Å². The molecule has 2 unspecified atom stereocenters. The molecule has 0 saturated heterocycles. The second-order valence-corrected chi connectivity index (χ2v) is 4.88. The molecule has 0 fully saturated rings. The van der Waals surface area contributed by atoms with E-state index >= 15 is 0 Å². The Kier molecular flexibility index (Phi) is 17.3. The molecule has 0 N–H and O–H groups in total. The minimum absolute atomic E-state index is 0. The predicted octanol–water partition coefficient (Wildman–Crippen LogP) is 1.56. The summed E-state index contributed by atoms with van der Waals surface area (Å²) in [6.45, 7) is 11.7. The molecule has 0 aromatic heterocycles. The molecule has 0 aromatic carbocycles. The first-order valence-corrected chi connectivity index (χ1v) is 5.57. The van der Waals surface area contributed by atoms with Gasteiger partial charge in [0.2, 0.25) is 0 Å². The summed E-state index contributed by atoms with van der Waals surface area (Å²) in [5.41, 5.74) is 0. The normalized spacial score (nSPS) is 14.0. The Bertz CT molecular complexity index is 86.2. The summed E-state index contributed by atoms with van der Waals surface area (Å²) in [7, 11) is 0. The molecule has 0 aliphatic heterocycles.